The lowest BCUT2D eigenvalue weighted by molar-refractivity contribution is -0.139. The molecule has 132 valence electrons. The van der Waals surface area contributed by atoms with Crippen molar-refractivity contribution in [3.05, 3.63) is 17.0 Å². The molecule has 24 heavy (non-hydrogen) atoms. The zero-order valence-electron chi connectivity index (χ0n) is 14.6. The Bertz CT molecular complexity index is 645. The molecule has 0 aliphatic heterocycles. The van der Waals surface area contributed by atoms with Crippen molar-refractivity contribution in [1.82, 2.24) is 20.0 Å². The second kappa shape index (κ2) is 6.55. The van der Waals surface area contributed by atoms with Gasteiger partial charge in [0.15, 0.2) is 0 Å². The summed E-state index contributed by atoms with van der Waals surface area (Å²) < 4.78 is 1.72. The molecule has 1 aromatic rings. The maximum Gasteiger partial charge on any atom is 0.317 e. The fourth-order valence-corrected chi connectivity index (χ4v) is 3.51. The first-order valence-electron chi connectivity index (χ1n) is 8.62. The Morgan fingerprint density at radius 2 is 2.00 bits per heavy atom. The molecule has 0 saturated heterocycles. The van der Waals surface area contributed by atoms with Crippen LogP contribution in [0.5, 0.6) is 0 Å². The summed E-state index contributed by atoms with van der Waals surface area (Å²) >= 11 is 0. The van der Waals surface area contributed by atoms with Gasteiger partial charge < -0.3 is 10.4 Å². The van der Waals surface area contributed by atoms with E-state index in [0.29, 0.717) is 11.5 Å². The van der Waals surface area contributed by atoms with Crippen LogP contribution in [0.1, 0.15) is 47.4 Å². The molecule has 1 amide bonds. The number of carbonyl (C=O) groups is 2. The van der Waals surface area contributed by atoms with Crippen molar-refractivity contribution >= 4 is 11.9 Å². The van der Waals surface area contributed by atoms with E-state index in [1.165, 1.54) is 12.8 Å². The number of aromatic nitrogens is 2. The fourth-order valence-electron chi connectivity index (χ4n) is 3.51. The summed E-state index contributed by atoms with van der Waals surface area (Å²) in [6.07, 6.45) is 4.07. The van der Waals surface area contributed by atoms with Crippen molar-refractivity contribution in [3.63, 3.8) is 0 Å². The molecule has 7 nitrogen and oxygen atoms in total. The highest BCUT2D eigenvalue weighted by Gasteiger charge is 2.38. The number of hydrogen-bond donors (Lipinski definition) is 2. The Hall–Kier alpha value is -1.89. The number of hydrogen-bond acceptors (Lipinski definition) is 4. The lowest BCUT2D eigenvalue weighted by Gasteiger charge is -2.42. The van der Waals surface area contributed by atoms with Crippen LogP contribution < -0.4 is 5.32 Å². The number of nitrogens with zero attached hydrogens (tertiary/aromatic N) is 3. The summed E-state index contributed by atoms with van der Waals surface area (Å²) in [6.45, 7) is 4.71. The second-order valence-corrected chi connectivity index (χ2v) is 7.23. The van der Waals surface area contributed by atoms with Crippen LogP contribution in [0.25, 0.3) is 0 Å². The van der Waals surface area contributed by atoms with Crippen molar-refractivity contribution in [3.8, 4) is 0 Å². The molecular formula is C17H26N4O3. The largest absolute Gasteiger partial charge is 0.480 e. The van der Waals surface area contributed by atoms with Crippen molar-refractivity contribution in [1.29, 1.82) is 0 Å². The highest BCUT2D eigenvalue weighted by atomic mass is 16.4. The molecule has 7 heteroatoms. The molecule has 2 fully saturated rings. The fraction of sp³-hybridized carbons (Fsp3) is 0.706. The molecule has 0 unspecified atom stereocenters. The smallest absolute Gasteiger partial charge is 0.317 e. The molecule has 1 heterocycles. The molecule has 0 atom stereocenters. The molecule has 2 aliphatic carbocycles. The molecule has 2 N–H and O–H groups in total. The maximum absolute atomic E-state index is 12.5. The second-order valence-electron chi connectivity index (χ2n) is 7.23. The van der Waals surface area contributed by atoms with Crippen LogP contribution in [-0.2, 0) is 11.8 Å². The highest BCUT2D eigenvalue weighted by Crippen LogP contribution is 2.33. The van der Waals surface area contributed by atoms with Crippen molar-refractivity contribution < 1.29 is 14.7 Å². The van der Waals surface area contributed by atoms with E-state index in [2.05, 4.69) is 15.3 Å². The number of amides is 1. The molecule has 3 rings (SSSR count). The summed E-state index contributed by atoms with van der Waals surface area (Å²) in [4.78, 5) is 25.6. The van der Waals surface area contributed by atoms with Crippen molar-refractivity contribution in [2.24, 2.45) is 13.0 Å². The molecule has 0 radical (unpaired) electrons. The van der Waals surface area contributed by atoms with E-state index in [-0.39, 0.29) is 24.5 Å². The summed E-state index contributed by atoms with van der Waals surface area (Å²) in [7, 11) is 1.83. The van der Waals surface area contributed by atoms with Crippen LogP contribution in [0.3, 0.4) is 0 Å². The van der Waals surface area contributed by atoms with Gasteiger partial charge >= 0.3 is 5.97 Å². The van der Waals surface area contributed by atoms with Gasteiger partial charge in [-0.3, -0.25) is 19.2 Å². The minimum atomic E-state index is -0.773. The third-order valence-electron chi connectivity index (χ3n) is 5.23. The lowest BCUT2D eigenvalue weighted by atomic mass is 9.85. The monoisotopic (exact) mass is 334 g/mol. The molecule has 0 bridgehead atoms. The van der Waals surface area contributed by atoms with E-state index in [9.17, 15) is 9.59 Å². The Labute approximate surface area is 142 Å². The van der Waals surface area contributed by atoms with E-state index >= 15 is 0 Å². The summed E-state index contributed by atoms with van der Waals surface area (Å²) in [6, 6.07) is 0.389. The predicted molar refractivity (Wildman–Crippen MR) is 88.9 cm³/mol. The van der Waals surface area contributed by atoms with Gasteiger partial charge in [0, 0.05) is 31.4 Å². The van der Waals surface area contributed by atoms with Gasteiger partial charge in [0.2, 0.25) is 0 Å². The average molecular weight is 334 g/mol. The van der Waals surface area contributed by atoms with Crippen LogP contribution >= 0.6 is 0 Å². The molecule has 2 aliphatic rings. The van der Waals surface area contributed by atoms with Crippen LogP contribution in [0.15, 0.2) is 0 Å². The predicted octanol–water partition coefficient (Wildman–Crippen LogP) is 1.09. The minimum Gasteiger partial charge on any atom is -0.480 e. The number of carboxylic acid groups (broad SMARTS) is 1. The van der Waals surface area contributed by atoms with Crippen LogP contribution in [-0.4, -0.2) is 56.8 Å². The van der Waals surface area contributed by atoms with E-state index < -0.39 is 5.97 Å². The molecule has 0 aromatic carbocycles. The van der Waals surface area contributed by atoms with E-state index in [1.54, 1.807) is 4.68 Å². The Morgan fingerprint density at radius 1 is 1.33 bits per heavy atom. The first-order chi connectivity index (χ1) is 11.3. The van der Waals surface area contributed by atoms with Crippen LogP contribution in [0, 0.1) is 19.8 Å². The summed E-state index contributed by atoms with van der Waals surface area (Å²) in [5.41, 5.74) is 2.26. The number of aryl methyl sites for hydroxylation is 2. The van der Waals surface area contributed by atoms with E-state index in [4.69, 9.17) is 5.11 Å². The van der Waals surface area contributed by atoms with Gasteiger partial charge in [-0.25, -0.2) is 0 Å². The first kappa shape index (κ1) is 17.0. The van der Waals surface area contributed by atoms with Gasteiger partial charge in [-0.2, -0.15) is 5.10 Å². The van der Waals surface area contributed by atoms with Gasteiger partial charge in [-0.05, 0) is 45.4 Å². The molecular weight excluding hydrogens is 308 g/mol. The maximum atomic E-state index is 12.5. The molecule has 1 aromatic heterocycles. The standard InChI is InChI=1S/C17H26N4O3/c1-10-16(11(2)20(3)19-10)17(24)18-13-6-14(7-13)21(9-15(22)23)8-12-4-5-12/h12-14H,4-9H2,1-3H3,(H,18,24)(H,22,23). The van der Waals surface area contributed by atoms with Gasteiger partial charge in [0.05, 0.1) is 17.8 Å². The Kier molecular flexibility index (Phi) is 4.62. The molecule has 0 spiro atoms. The highest BCUT2D eigenvalue weighted by molar-refractivity contribution is 5.96. The topological polar surface area (TPSA) is 87.5 Å². The Morgan fingerprint density at radius 3 is 2.50 bits per heavy atom. The minimum absolute atomic E-state index is 0.0754. The number of rotatable bonds is 7. The third kappa shape index (κ3) is 3.61. The quantitative estimate of drug-likeness (QED) is 0.779. The number of carbonyl (C=O) groups excluding carboxylic acids is 1. The number of nitrogens with one attached hydrogen (secondary N) is 1. The van der Waals surface area contributed by atoms with Gasteiger partial charge in [0.1, 0.15) is 0 Å². The zero-order valence-corrected chi connectivity index (χ0v) is 14.6. The number of aliphatic carboxylic acids is 1. The van der Waals surface area contributed by atoms with Gasteiger partial charge in [-0.1, -0.05) is 0 Å². The number of carboxylic acids is 1. The van der Waals surface area contributed by atoms with E-state index in [0.717, 1.165) is 30.8 Å². The lowest BCUT2D eigenvalue weighted by Crippen LogP contribution is -2.55. The third-order valence-corrected chi connectivity index (χ3v) is 5.23. The van der Waals surface area contributed by atoms with Crippen LogP contribution in [0.2, 0.25) is 0 Å². The van der Waals surface area contributed by atoms with E-state index in [1.807, 2.05) is 20.9 Å². The SMILES string of the molecule is Cc1nn(C)c(C)c1C(=O)NC1CC(N(CC(=O)O)CC2CC2)C1. The Balaban J connectivity index is 1.53. The summed E-state index contributed by atoms with van der Waals surface area (Å²) in [5, 5.41) is 16.4. The summed E-state index contributed by atoms with van der Waals surface area (Å²) in [5.74, 6) is -0.183. The first-order valence-corrected chi connectivity index (χ1v) is 8.62. The normalized spacial score (nSPS) is 23.2. The molecule has 2 saturated carbocycles. The zero-order chi connectivity index (χ0) is 17.4. The van der Waals surface area contributed by atoms with Crippen molar-refractivity contribution in [2.45, 2.75) is 51.6 Å². The van der Waals surface area contributed by atoms with Gasteiger partial charge in [0.25, 0.3) is 5.91 Å². The van der Waals surface area contributed by atoms with Gasteiger partial charge in [-0.15, -0.1) is 0 Å². The average Bonchev–Trinajstić information content (AvgIpc) is 3.20. The van der Waals surface area contributed by atoms with Crippen LogP contribution in [0.4, 0.5) is 0 Å². The van der Waals surface area contributed by atoms with Crippen molar-refractivity contribution in [2.75, 3.05) is 13.1 Å².